The van der Waals surface area contributed by atoms with Crippen LogP contribution in [0.15, 0.2) is 30.3 Å². The Morgan fingerprint density at radius 1 is 1.20 bits per heavy atom. The average Bonchev–Trinajstić information content (AvgIpc) is 2.53. The largest absolute Gasteiger partial charge is 0.308 e. The topological polar surface area (TPSA) is 39.1 Å². The van der Waals surface area contributed by atoms with Crippen molar-refractivity contribution in [2.45, 2.75) is 44.7 Å². The van der Waals surface area contributed by atoms with Crippen molar-refractivity contribution in [1.82, 2.24) is 10.2 Å². The highest BCUT2D eigenvalue weighted by molar-refractivity contribution is 5.19. The van der Waals surface area contributed by atoms with Crippen LogP contribution in [-0.2, 0) is 0 Å². The summed E-state index contributed by atoms with van der Waals surface area (Å²) in [6, 6.07) is 13.3. The van der Waals surface area contributed by atoms with Gasteiger partial charge in [-0.3, -0.25) is 4.90 Å². The van der Waals surface area contributed by atoms with E-state index in [-0.39, 0.29) is 6.04 Å². The molecule has 2 atom stereocenters. The lowest BCUT2D eigenvalue weighted by atomic mass is 10.0. The van der Waals surface area contributed by atoms with E-state index < -0.39 is 0 Å². The molecule has 0 radical (unpaired) electrons. The summed E-state index contributed by atoms with van der Waals surface area (Å²) in [5.41, 5.74) is 1.21. The Morgan fingerprint density at radius 2 is 1.90 bits per heavy atom. The van der Waals surface area contributed by atoms with Crippen LogP contribution in [0.1, 0.15) is 44.2 Å². The van der Waals surface area contributed by atoms with Crippen LogP contribution in [0.2, 0.25) is 0 Å². The molecule has 108 valence electrons. The second-order valence-electron chi connectivity index (χ2n) is 5.68. The molecule has 1 aromatic rings. The SMILES string of the molecule is CC(CNC(CC#N)c1ccccc1)N1CCCCC1. The number of benzene rings is 1. The zero-order valence-corrected chi connectivity index (χ0v) is 12.4. The van der Waals surface area contributed by atoms with Gasteiger partial charge in [0.05, 0.1) is 12.5 Å². The number of nitrogens with one attached hydrogen (secondary N) is 1. The van der Waals surface area contributed by atoms with Crippen LogP contribution in [0.25, 0.3) is 0 Å². The Bertz CT molecular complexity index is 418. The van der Waals surface area contributed by atoms with Crippen molar-refractivity contribution in [1.29, 1.82) is 5.26 Å². The number of nitriles is 1. The van der Waals surface area contributed by atoms with Gasteiger partial charge in [-0.15, -0.1) is 0 Å². The maximum absolute atomic E-state index is 9.01. The van der Waals surface area contributed by atoms with Crippen LogP contribution in [-0.4, -0.2) is 30.6 Å². The van der Waals surface area contributed by atoms with E-state index in [4.69, 9.17) is 5.26 Å². The summed E-state index contributed by atoms with van der Waals surface area (Å²) in [6.07, 6.45) is 4.55. The van der Waals surface area contributed by atoms with Gasteiger partial charge in [-0.05, 0) is 38.4 Å². The smallest absolute Gasteiger partial charge is 0.0641 e. The Hall–Kier alpha value is -1.37. The Balaban J connectivity index is 1.87. The van der Waals surface area contributed by atoms with Crippen molar-refractivity contribution in [3.05, 3.63) is 35.9 Å². The molecular formula is C17H25N3. The first kappa shape index (κ1) is 15.0. The zero-order chi connectivity index (χ0) is 14.2. The first-order valence-corrected chi connectivity index (χ1v) is 7.70. The van der Waals surface area contributed by atoms with Gasteiger partial charge in [0, 0.05) is 18.6 Å². The fourth-order valence-electron chi connectivity index (χ4n) is 2.89. The zero-order valence-electron chi connectivity index (χ0n) is 12.4. The molecule has 1 aliphatic heterocycles. The van der Waals surface area contributed by atoms with E-state index in [2.05, 4.69) is 35.3 Å². The summed E-state index contributed by atoms with van der Waals surface area (Å²) >= 11 is 0. The summed E-state index contributed by atoms with van der Waals surface area (Å²) in [5, 5.41) is 12.6. The lowest BCUT2D eigenvalue weighted by Gasteiger charge is -2.33. The normalized spacial score (nSPS) is 19.2. The summed E-state index contributed by atoms with van der Waals surface area (Å²) in [4.78, 5) is 2.56. The maximum Gasteiger partial charge on any atom is 0.0641 e. The van der Waals surface area contributed by atoms with Crippen LogP contribution >= 0.6 is 0 Å². The molecule has 1 N–H and O–H groups in total. The fraction of sp³-hybridized carbons (Fsp3) is 0.588. The van der Waals surface area contributed by atoms with Gasteiger partial charge in [0.25, 0.3) is 0 Å². The minimum atomic E-state index is 0.147. The first-order valence-electron chi connectivity index (χ1n) is 7.70. The Labute approximate surface area is 122 Å². The lowest BCUT2D eigenvalue weighted by Crippen LogP contribution is -2.43. The number of nitrogens with zero attached hydrogens (tertiary/aromatic N) is 2. The number of rotatable bonds is 6. The Morgan fingerprint density at radius 3 is 2.55 bits per heavy atom. The molecule has 1 fully saturated rings. The molecule has 1 heterocycles. The van der Waals surface area contributed by atoms with Gasteiger partial charge in [0.2, 0.25) is 0 Å². The molecule has 0 aliphatic carbocycles. The van der Waals surface area contributed by atoms with Crippen molar-refractivity contribution in [2.75, 3.05) is 19.6 Å². The average molecular weight is 271 g/mol. The first-order chi connectivity index (χ1) is 9.81. The van der Waals surface area contributed by atoms with Crippen molar-refractivity contribution in [3.63, 3.8) is 0 Å². The van der Waals surface area contributed by atoms with Crippen LogP contribution in [0.4, 0.5) is 0 Å². The van der Waals surface area contributed by atoms with Gasteiger partial charge in [0.15, 0.2) is 0 Å². The van der Waals surface area contributed by atoms with E-state index in [0.717, 1.165) is 6.54 Å². The van der Waals surface area contributed by atoms with Crippen LogP contribution in [0.5, 0.6) is 0 Å². The van der Waals surface area contributed by atoms with Crippen molar-refractivity contribution >= 4 is 0 Å². The van der Waals surface area contributed by atoms with Gasteiger partial charge in [-0.1, -0.05) is 36.8 Å². The van der Waals surface area contributed by atoms with E-state index in [1.807, 2.05) is 18.2 Å². The van der Waals surface area contributed by atoms with Crippen LogP contribution in [0.3, 0.4) is 0 Å². The standard InChI is InChI=1S/C17H25N3/c1-15(20-12-6-3-7-13-20)14-19-17(10-11-18)16-8-4-2-5-9-16/h2,4-5,8-9,15,17,19H,3,6-7,10,12-14H2,1H3. The summed E-state index contributed by atoms with van der Waals surface area (Å²) in [6.45, 7) is 5.67. The highest BCUT2D eigenvalue weighted by Gasteiger charge is 2.18. The highest BCUT2D eigenvalue weighted by Crippen LogP contribution is 2.17. The number of hydrogen-bond donors (Lipinski definition) is 1. The Kier molecular flexibility index (Phi) is 6.04. The predicted octanol–water partition coefficient (Wildman–Crippen LogP) is 3.11. The van der Waals surface area contributed by atoms with Crippen molar-refractivity contribution in [3.8, 4) is 6.07 Å². The number of piperidine rings is 1. The van der Waals surface area contributed by atoms with Crippen LogP contribution in [0, 0.1) is 11.3 Å². The molecule has 0 bridgehead atoms. The quantitative estimate of drug-likeness (QED) is 0.864. The molecule has 3 heteroatoms. The third kappa shape index (κ3) is 4.33. The van der Waals surface area contributed by atoms with E-state index in [1.165, 1.54) is 37.9 Å². The summed E-state index contributed by atoms with van der Waals surface area (Å²) in [7, 11) is 0. The van der Waals surface area contributed by atoms with Gasteiger partial charge >= 0.3 is 0 Å². The maximum atomic E-state index is 9.01. The third-order valence-electron chi connectivity index (χ3n) is 4.17. The monoisotopic (exact) mass is 271 g/mol. The molecular weight excluding hydrogens is 246 g/mol. The molecule has 0 saturated carbocycles. The van der Waals surface area contributed by atoms with Crippen molar-refractivity contribution in [2.24, 2.45) is 0 Å². The predicted molar refractivity (Wildman–Crippen MR) is 82.3 cm³/mol. The second kappa shape index (κ2) is 8.04. The number of hydrogen-bond acceptors (Lipinski definition) is 3. The number of likely N-dealkylation sites (tertiary alicyclic amines) is 1. The van der Waals surface area contributed by atoms with Gasteiger partial charge < -0.3 is 5.32 Å². The van der Waals surface area contributed by atoms with Gasteiger partial charge in [-0.25, -0.2) is 0 Å². The van der Waals surface area contributed by atoms with Crippen molar-refractivity contribution < 1.29 is 0 Å². The minimum Gasteiger partial charge on any atom is -0.308 e. The molecule has 0 spiro atoms. The molecule has 0 amide bonds. The molecule has 1 saturated heterocycles. The summed E-state index contributed by atoms with van der Waals surface area (Å²) in [5.74, 6) is 0. The highest BCUT2D eigenvalue weighted by atomic mass is 15.2. The second-order valence-corrected chi connectivity index (χ2v) is 5.68. The van der Waals surface area contributed by atoms with E-state index in [0.29, 0.717) is 12.5 Å². The molecule has 1 aliphatic rings. The van der Waals surface area contributed by atoms with Gasteiger partial charge in [-0.2, -0.15) is 5.26 Å². The molecule has 20 heavy (non-hydrogen) atoms. The molecule has 1 aromatic carbocycles. The van der Waals surface area contributed by atoms with E-state index >= 15 is 0 Å². The molecule has 3 nitrogen and oxygen atoms in total. The van der Waals surface area contributed by atoms with E-state index in [1.54, 1.807) is 0 Å². The molecule has 0 aromatic heterocycles. The van der Waals surface area contributed by atoms with Crippen LogP contribution < -0.4 is 5.32 Å². The third-order valence-corrected chi connectivity index (χ3v) is 4.17. The van der Waals surface area contributed by atoms with E-state index in [9.17, 15) is 0 Å². The fourth-order valence-corrected chi connectivity index (χ4v) is 2.89. The molecule has 2 unspecified atom stereocenters. The van der Waals surface area contributed by atoms with Gasteiger partial charge in [0.1, 0.15) is 0 Å². The summed E-state index contributed by atoms with van der Waals surface area (Å²) < 4.78 is 0. The molecule has 2 rings (SSSR count). The minimum absolute atomic E-state index is 0.147. The lowest BCUT2D eigenvalue weighted by molar-refractivity contribution is 0.168.